The number of nitrogens with zero attached hydrogens (tertiary/aromatic N) is 2. The van der Waals surface area contributed by atoms with Crippen LogP contribution in [0.15, 0.2) is 57.7 Å². The Morgan fingerprint density at radius 2 is 1.83 bits per heavy atom. The van der Waals surface area contributed by atoms with Gasteiger partial charge in [-0.05, 0) is 30.2 Å². The highest BCUT2D eigenvalue weighted by Crippen LogP contribution is 2.34. The number of carbonyl (C=O) groups is 1. The summed E-state index contributed by atoms with van der Waals surface area (Å²) in [7, 11) is 0. The second-order valence-electron chi connectivity index (χ2n) is 7.28. The number of rotatable bonds is 4. The lowest BCUT2D eigenvalue weighted by Gasteiger charge is -2.34. The van der Waals surface area contributed by atoms with E-state index in [0.29, 0.717) is 55.9 Å². The Labute approximate surface area is 174 Å². The van der Waals surface area contributed by atoms with Gasteiger partial charge in [-0.3, -0.25) is 4.90 Å². The standard InChI is InChI=1S/C23H24N2O5/c1-2-29-23(28)25-10-8-24(9-11-25)15-17-12-22(27)30-21-14-18(20(26)13-19(17)21)16-6-4-3-5-7-16/h3-7,12-14,26H,2,8-11,15H2,1H3. The van der Waals surface area contributed by atoms with Crippen LogP contribution in [0.3, 0.4) is 0 Å². The van der Waals surface area contributed by atoms with Gasteiger partial charge in [-0.15, -0.1) is 0 Å². The van der Waals surface area contributed by atoms with Crippen LogP contribution in [0.2, 0.25) is 0 Å². The van der Waals surface area contributed by atoms with E-state index in [4.69, 9.17) is 9.15 Å². The molecule has 2 aromatic carbocycles. The highest BCUT2D eigenvalue weighted by molar-refractivity contribution is 5.88. The summed E-state index contributed by atoms with van der Waals surface area (Å²) in [5.41, 5.74) is 2.28. The average Bonchev–Trinajstić information content (AvgIpc) is 2.75. The molecule has 4 rings (SSSR count). The molecule has 0 unspecified atom stereocenters. The van der Waals surface area contributed by atoms with Crippen LogP contribution in [0.25, 0.3) is 22.1 Å². The fourth-order valence-electron chi connectivity index (χ4n) is 3.79. The van der Waals surface area contributed by atoms with Gasteiger partial charge in [-0.25, -0.2) is 9.59 Å². The summed E-state index contributed by atoms with van der Waals surface area (Å²) >= 11 is 0. The summed E-state index contributed by atoms with van der Waals surface area (Å²) in [6, 6.07) is 14.3. The lowest BCUT2D eigenvalue weighted by Crippen LogP contribution is -2.48. The van der Waals surface area contributed by atoms with Gasteiger partial charge in [-0.2, -0.15) is 0 Å². The van der Waals surface area contributed by atoms with Gasteiger partial charge >= 0.3 is 11.7 Å². The lowest BCUT2D eigenvalue weighted by atomic mass is 10.0. The number of amides is 1. The van der Waals surface area contributed by atoms with E-state index in [1.165, 1.54) is 6.07 Å². The molecule has 1 fully saturated rings. The van der Waals surface area contributed by atoms with E-state index in [1.54, 1.807) is 24.0 Å². The smallest absolute Gasteiger partial charge is 0.409 e. The number of phenols is 1. The summed E-state index contributed by atoms with van der Waals surface area (Å²) in [6.45, 7) is 5.17. The molecule has 1 saturated heterocycles. The summed E-state index contributed by atoms with van der Waals surface area (Å²) in [5.74, 6) is 0.135. The molecule has 1 N–H and O–H groups in total. The third kappa shape index (κ3) is 4.16. The minimum atomic E-state index is -0.424. The van der Waals surface area contributed by atoms with Crippen molar-refractivity contribution >= 4 is 17.1 Å². The van der Waals surface area contributed by atoms with Crippen LogP contribution < -0.4 is 5.63 Å². The molecule has 0 atom stereocenters. The van der Waals surface area contributed by atoms with Crippen molar-refractivity contribution in [2.24, 2.45) is 0 Å². The van der Waals surface area contributed by atoms with Crippen LogP contribution in [0, 0.1) is 0 Å². The first-order chi connectivity index (χ1) is 14.5. The SMILES string of the molecule is CCOC(=O)N1CCN(Cc2cc(=O)oc3cc(-c4ccccc4)c(O)cc23)CC1. The minimum absolute atomic E-state index is 0.135. The van der Waals surface area contributed by atoms with Crippen LogP contribution in [0.1, 0.15) is 12.5 Å². The number of ether oxygens (including phenoxy) is 1. The Morgan fingerprint density at radius 3 is 2.53 bits per heavy atom. The first kappa shape index (κ1) is 20.0. The monoisotopic (exact) mass is 408 g/mol. The normalized spacial score (nSPS) is 14.8. The van der Waals surface area contributed by atoms with Crippen molar-refractivity contribution in [2.45, 2.75) is 13.5 Å². The van der Waals surface area contributed by atoms with E-state index in [9.17, 15) is 14.7 Å². The Morgan fingerprint density at radius 1 is 1.10 bits per heavy atom. The van der Waals surface area contributed by atoms with E-state index in [-0.39, 0.29) is 11.8 Å². The predicted molar refractivity (Wildman–Crippen MR) is 113 cm³/mol. The zero-order valence-electron chi connectivity index (χ0n) is 16.8. The van der Waals surface area contributed by atoms with Crippen LogP contribution in [0.4, 0.5) is 4.79 Å². The minimum Gasteiger partial charge on any atom is -0.507 e. The maximum absolute atomic E-state index is 12.2. The lowest BCUT2D eigenvalue weighted by molar-refractivity contribution is 0.0779. The largest absolute Gasteiger partial charge is 0.507 e. The van der Waals surface area contributed by atoms with Crippen molar-refractivity contribution in [2.75, 3.05) is 32.8 Å². The zero-order valence-corrected chi connectivity index (χ0v) is 16.8. The Balaban J connectivity index is 1.59. The number of phenolic OH excluding ortho intramolecular Hbond substituents is 1. The van der Waals surface area contributed by atoms with Gasteiger partial charge in [0, 0.05) is 49.7 Å². The van der Waals surface area contributed by atoms with Crippen molar-refractivity contribution in [3.8, 4) is 16.9 Å². The number of benzene rings is 2. The number of hydrogen-bond donors (Lipinski definition) is 1. The van der Waals surface area contributed by atoms with Gasteiger partial charge in [0.1, 0.15) is 11.3 Å². The third-order valence-corrected chi connectivity index (χ3v) is 5.32. The fourth-order valence-corrected chi connectivity index (χ4v) is 3.79. The Hall–Kier alpha value is -3.32. The highest BCUT2D eigenvalue weighted by Gasteiger charge is 2.23. The number of hydrogen-bond acceptors (Lipinski definition) is 6. The quantitative estimate of drug-likeness (QED) is 0.666. The van der Waals surface area contributed by atoms with Crippen molar-refractivity contribution in [1.29, 1.82) is 0 Å². The molecular formula is C23H24N2O5. The molecule has 1 aromatic heterocycles. The van der Waals surface area contributed by atoms with Gasteiger partial charge in [-0.1, -0.05) is 30.3 Å². The van der Waals surface area contributed by atoms with Gasteiger partial charge in [0.2, 0.25) is 0 Å². The van der Waals surface area contributed by atoms with Crippen LogP contribution >= 0.6 is 0 Å². The molecule has 7 nitrogen and oxygen atoms in total. The van der Waals surface area contributed by atoms with Crippen molar-refractivity contribution < 1.29 is 19.1 Å². The van der Waals surface area contributed by atoms with Gasteiger partial charge in [0.15, 0.2) is 0 Å². The second-order valence-corrected chi connectivity index (χ2v) is 7.28. The van der Waals surface area contributed by atoms with Crippen LogP contribution in [0.5, 0.6) is 5.75 Å². The van der Waals surface area contributed by atoms with E-state index in [0.717, 1.165) is 11.1 Å². The average molecular weight is 408 g/mol. The first-order valence-electron chi connectivity index (χ1n) is 10.0. The summed E-state index contributed by atoms with van der Waals surface area (Å²) in [4.78, 5) is 27.9. The predicted octanol–water partition coefficient (Wildman–Crippen LogP) is 3.44. The van der Waals surface area contributed by atoms with Crippen molar-refractivity contribution in [3.05, 3.63) is 64.5 Å². The fraction of sp³-hybridized carbons (Fsp3) is 0.304. The summed E-state index contributed by atoms with van der Waals surface area (Å²) in [5, 5.41) is 11.3. The molecule has 0 radical (unpaired) electrons. The molecule has 1 aliphatic rings. The molecule has 1 amide bonds. The maximum atomic E-state index is 12.2. The molecular weight excluding hydrogens is 384 g/mol. The van der Waals surface area contributed by atoms with E-state index in [2.05, 4.69) is 4.90 Å². The molecule has 3 aromatic rings. The highest BCUT2D eigenvalue weighted by atomic mass is 16.6. The van der Waals surface area contributed by atoms with Crippen molar-refractivity contribution in [3.63, 3.8) is 0 Å². The first-order valence-corrected chi connectivity index (χ1v) is 10.0. The number of fused-ring (bicyclic) bond motifs is 1. The Kier molecular flexibility index (Phi) is 5.72. The van der Waals surface area contributed by atoms with E-state index in [1.807, 2.05) is 30.3 Å². The van der Waals surface area contributed by atoms with Crippen LogP contribution in [-0.2, 0) is 11.3 Å². The number of aromatic hydroxyl groups is 1. The number of carbonyl (C=O) groups excluding carboxylic acids is 1. The molecule has 156 valence electrons. The van der Waals surface area contributed by atoms with Crippen molar-refractivity contribution in [1.82, 2.24) is 9.80 Å². The van der Waals surface area contributed by atoms with E-state index >= 15 is 0 Å². The summed E-state index contributed by atoms with van der Waals surface area (Å²) in [6.07, 6.45) is -0.290. The second kappa shape index (κ2) is 8.59. The zero-order chi connectivity index (χ0) is 21.1. The maximum Gasteiger partial charge on any atom is 0.409 e. The van der Waals surface area contributed by atoms with Gasteiger partial charge < -0.3 is 19.2 Å². The molecule has 30 heavy (non-hydrogen) atoms. The molecule has 1 aliphatic heterocycles. The topological polar surface area (TPSA) is 83.2 Å². The third-order valence-electron chi connectivity index (χ3n) is 5.32. The number of piperazine rings is 1. The Bertz CT molecular complexity index is 1100. The van der Waals surface area contributed by atoms with E-state index < -0.39 is 5.63 Å². The molecule has 2 heterocycles. The summed E-state index contributed by atoms with van der Waals surface area (Å²) < 4.78 is 10.5. The molecule has 0 saturated carbocycles. The van der Waals surface area contributed by atoms with Crippen LogP contribution in [-0.4, -0.2) is 53.8 Å². The van der Waals surface area contributed by atoms with Gasteiger partial charge in [0.25, 0.3) is 0 Å². The molecule has 0 spiro atoms. The molecule has 0 bridgehead atoms. The molecule has 0 aliphatic carbocycles. The molecule has 7 heteroatoms. The van der Waals surface area contributed by atoms with Gasteiger partial charge in [0.05, 0.1) is 6.61 Å².